The lowest BCUT2D eigenvalue weighted by molar-refractivity contribution is 0.222. The number of nitrogens with zero attached hydrogens (tertiary/aromatic N) is 2. The number of hydrogen-bond donors (Lipinski definition) is 1. The van der Waals surface area contributed by atoms with Gasteiger partial charge in [0.1, 0.15) is 5.75 Å². The first-order chi connectivity index (χ1) is 13.5. The third kappa shape index (κ3) is 7.74. The monoisotopic (exact) mass is 402 g/mol. The van der Waals surface area contributed by atoms with Gasteiger partial charge < -0.3 is 14.7 Å². The molecule has 0 amide bonds. The van der Waals surface area contributed by atoms with Crippen LogP contribution in [0.3, 0.4) is 0 Å². The summed E-state index contributed by atoms with van der Waals surface area (Å²) in [4.78, 5) is 2.29. The second-order valence-electron chi connectivity index (χ2n) is 7.62. The normalized spacial score (nSPS) is 12.3. The number of fused-ring (bicyclic) bond motifs is 1. The van der Waals surface area contributed by atoms with Crippen molar-refractivity contribution in [2.75, 3.05) is 26.7 Å². The first-order valence-electron chi connectivity index (χ1n) is 10.1. The predicted molar refractivity (Wildman–Crippen MR) is 120 cm³/mol. The van der Waals surface area contributed by atoms with Crippen LogP contribution in [0.4, 0.5) is 0 Å². The summed E-state index contributed by atoms with van der Waals surface area (Å²) >= 11 is 1.47. The van der Waals surface area contributed by atoms with E-state index in [0.717, 1.165) is 53.2 Å². The quantitative estimate of drug-likeness (QED) is 0.368. The van der Waals surface area contributed by atoms with Gasteiger partial charge >= 0.3 is 0 Å². The Morgan fingerprint density at radius 1 is 1.29 bits per heavy atom. The maximum Gasteiger partial charge on any atom is 0.120 e. The van der Waals surface area contributed by atoms with Crippen LogP contribution in [0, 0.1) is 0 Å². The Balaban J connectivity index is 1.74. The van der Waals surface area contributed by atoms with Gasteiger partial charge in [-0.25, -0.2) is 0 Å². The number of aliphatic hydroxyl groups is 1. The van der Waals surface area contributed by atoms with E-state index in [1.165, 1.54) is 30.8 Å². The summed E-state index contributed by atoms with van der Waals surface area (Å²) in [5.74, 6) is 0.901. The topological polar surface area (TPSA) is 45.6 Å². The van der Waals surface area contributed by atoms with Crippen LogP contribution in [0.25, 0.3) is 10.1 Å². The van der Waals surface area contributed by atoms with Crippen LogP contribution >= 0.6 is 11.5 Å². The van der Waals surface area contributed by atoms with E-state index in [0.29, 0.717) is 6.42 Å². The molecule has 1 heterocycles. The zero-order chi connectivity index (χ0) is 20.4. The van der Waals surface area contributed by atoms with E-state index >= 15 is 0 Å². The van der Waals surface area contributed by atoms with Gasteiger partial charge in [0.15, 0.2) is 0 Å². The third-order valence-electron chi connectivity index (χ3n) is 4.59. The minimum absolute atomic E-state index is 0.484. The van der Waals surface area contributed by atoms with Crippen molar-refractivity contribution in [1.82, 2.24) is 9.27 Å². The molecule has 0 saturated heterocycles. The highest BCUT2D eigenvalue weighted by molar-refractivity contribution is 7.13. The minimum Gasteiger partial charge on any atom is -0.494 e. The summed E-state index contributed by atoms with van der Waals surface area (Å²) in [7, 11) is 2.13. The van der Waals surface area contributed by atoms with Gasteiger partial charge in [0.2, 0.25) is 0 Å². The van der Waals surface area contributed by atoms with E-state index in [4.69, 9.17) is 4.74 Å². The van der Waals surface area contributed by atoms with E-state index in [2.05, 4.69) is 35.0 Å². The van der Waals surface area contributed by atoms with Gasteiger partial charge in [-0.15, -0.1) is 6.58 Å². The Bertz CT molecular complexity index is 765. The Hall–Kier alpha value is -1.69. The molecule has 0 fully saturated rings. The van der Waals surface area contributed by atoms with E-state index < -0.39 is 6.10 Å². The van der Waals surface area contributed by atoms with Gasteiger partial charge in [0, 0.05) is 18.4 Å². The summed E-state index contributed by atoms with van der Waals surface area (Å²) < 4.78 is 11.6. The molecule has 0 saturated carbocycles. The Kier molecular flexibility index (Phi) is 9.68. The Morgan fingerprint density at radius 2 is 2.07 bits per heavy atom. The number of hydrogen-bond acceptors (Lipinski definition) is 5. The second-order valence-corrected chi connectivity index (χ2v) is 8.42. The molecule has 1 aromatic carbocycles. The highest BCUT2D eigenvalue weighted by Gasteiger charge is 2.11. The van der Waals surface area contributed by atoms with Crippen molar-refractivity contribution < 1.29 is 9.84 Å². The summed E-state index contributed by atoms with van der Waals surface area (Å²) in [5, 5.41) is 11.2. The molecule has 1 N–H and O–H groups in total. The lowest BCUT2D eigenvalue weighted by atomic mass is 10.1. The number of aliphatic hydroxyl groups excluding tert-OH is 1. The lowest BCUT2D eigenvalue weighted by Crippen LogP contribution is -2.19. The molecule has 0 aliphatic heterocycles. The molecule has 0 aliphatic rings. The highest BCUT2D eigenvalue weighted by Crippen LogP contribution is 2.28. The number of ether oxygens (including phenoxy) is 1. The SMILES string of the molecule is C=CCN(C)CCCCCCOc1ccc2c(C[C@H](O)C=C(C)C)nsc2c1. The Labute approximate surface area is 173 Å². The van der Waals surface area contributed by atoms with Crippen LogP contribution in [0.1, 0.15) is 45.2 Å². The van der Waals surface area contributed by atoms with Crippen molar-refractivity contribution in [2.45, 2.75) is 52.1 Å². The van der Waals surface area contributed by atoms with E-state index in [-0.39, 0.29) is 0 Å². The Morgan fingerprint density at radius 3 is 2.82 bits per heavy atom. The maximum atomic E-state index is 10.1. The van der Waals surface area contributed by atoms with Crippen molar-refractivity contribution in [3.63, 3.8) is 0 Å². The molecule has 0 spiro atoms. The van der Waals surface area contributed by atoms with Crippen LogP contribution in [-0.4, -0.2) is 47.2 Å². The predicted octanol–water partition coefficient (Wildman–Crippen LogP) is 5.22. The van der Waals surface area contributed by atoms with Crippen molar-refractivity contribution in [3.05, 3.63) is 48.2 Å². The van der Waals surface area contributed by atoms with Gasteiger partial charge in [-0.05, 0) is 70.0 Å². The molecule has 0 unspecified atom stereocenters. The fourth-order valence-corrected chi connectivity index (χ4v) is 4.02. The standard InChI is InChI=1S/C23H34N2O2S/c1-5-12-25(4)13-8-6-7-9-14-27-20-10-11-21-22(24-28-23(21)17-20)16-19(26)15-18(2)3/h5,10-11,15,17,19,26H,1,6-9,12-14,16H2,2-4H3/t19-/m1/s1. The fraction of sp³-hybridized carbons (Fsp3) is 0.522. The first kappa shape index (κ1) is 22.6. The number of unbranched alkanes of at least 4 members (excludes halogenated alkanes) is 3. The smallest absolute Gasteiger partial charge is 0.120 e. The molecule has 2 aromatic rings. The van der Waals surface area contributed by atoms with Gasteiger partial charge in [0.25, 0.3) is 0 Å². The highest BCUT2D eigenvalue weighted by atomic mass is 32.1. The second kappa shape index (κ2) is 12.0. The lowest BCUT2D eigenvalue weighted by Gasteiger charge is -2.13. The maximum absolute atomic E-state index is 10.1. The van der Waals surface area contributed by atoms with Crippen LogP contribution in [-0.2, 0) is 6.42 Å². The molecule has 1 aromatic heterocycles. The van der Waals surface area contributed by atoms with Gasteiger partial charge in [-0.3, -0.25) is 0 Å². The number of aromatic nitrogens is 1. The molecular weight excluding hydrogens is 368 g/mol. The average molecular weight is 403 g/mol. The molecule has 2 rings (SSSR count). The number of likely N-dealkylation sites (N-methyl/N-ethyl adjacent to an activating group) is 1. The molecule has 0 aliphatic carbocycles. The van der Waals surface area contributed by atoms with Crippen LogP contribution in [0.15, 0.2) is 42.5 Å². The number of benzene rings is 1. The van der Waals surface area contributed by atoms with Crippen molar-refractivity contribution in [1.29, 1.82) is 0 Å². The van der Waals surface area contributed by atoms with Gasteiger partial charge in [-0.1, -0.05) is 30.6 Å². The van der Waals surface area contributed by atoms with Gasteiger partial charge in [-0.2, -0.15) is 4.37 Å². The van der Waals surface area contributed by atoms with Crippen molar-refractivity contribution in [2.24, 2.45) is 0 Å². The van der Waals surface area contributed by atoms with E-state index in [1.54, 1.807) is 0 Å². The first-order valence-corrected chi connectivity index (χ1v) is 10.9. The summed E-state index contributed by atoms with van der Waals surface area (Å²) in [5.41, 5.74) is 2.07. The summed E-state index contributed by atoms with van der Waals surface area (Å²) in [6, 6.07) is 6.14. The summed E-state index contributed by atoms with van der Waals surface area (Å²) in [6.07, 6.45) is 8.61. The van der Waals surface area contributed by atoms with Crippen LogP contribution < -0.4 is 4.74 Å². The average Bonchev–Trinajstić information content (AvgIpc) is 3.02. The zero-order valence-corrected chi connectivity index (χ0v) is 18.3. The molecule has 154 valence electrons. The van der Waals surface area contributed by atoms with E-state index in [9.17, 15) is 5.11 Å². The van der Waals surface area contributed by atoms with E-state index in [1.807, 2.05) is 32.1 Å². The van der Waals surface area contributed by atoms with Crippen LogP contribution in [0.2, 0.25) is 0 Å². The molecule has 4 nitrogen and oxygen atoms in total. The van der Waals surface area contributed by atoms with Crippen molar-refractivity contribution in [3.8, 4) is 5.75 Å². The van der Waals surface area contributed by atoms with Crippen molar-refractivity contribution >= 4 is 21.6 Å². The molecule has 0 bridgehead atoms. The summed E-state index contributed by atoms with van der Waals surface area (Å²) in [6.45, 7) is 10.6. The van der Waals surface area contributed by atoms with Gasteiger partial charge in [0.05, 0.1) is 23.1 Å². The zero-order valence-electron chi connectivity index (χ0n) is 17.5. The molecule has 28 heavy (non-hydrogen) atoms. The minimum atomic E-state index is -0.484. The molecule has 1 atom stereocenters. The third-order valence-corrected chi connectivity index (χ3v) is 5.44. The fourth-order valence-electron chi connectivity index (χ4n) is 3.19. The number of rotatable bonds is 13. The molecule has 0 radical (unpaired) electrons. The number of allylic oxidation sites excluding steroid dienone is 1. The molecule has 5 heteroatoms. The van der Waals surface area contributed by atoms with Crippen LogP contribution in [0.5, 0.6) is 5.75 Å². The molecular formula is C23H34N2O2S. The largest absolute Gasteiger partial charge is 0.494 e.